The van der Waals surface area contributed by atoms with Gasteiger partial charge in [-0.3, -0.25) is 4.79 Å². The van der Waals surface area contributed by atoms with E-state index in [0.29, 0.717) is 35.8 Å². The van der Waals surface area contributed by atoms with Crippen LogP contribution in [0.4, 0.5) is 0 Å². The van der Waals surface area contributed by atoms with Gasteiger partial charge >= 0.3 is 5.97 Å². The molecule has 3 heteroatoms. The minimum atomic E-state index is -0.0148. The molecule has 1 aromatic rings. The normalized spacial score (nSPS) is 38.2. The van der Waals surface area contributed by atoms with Crippen molar-refractivity contribution in [2.45, 2.75) is 77.7 Å². The van der Waals surface area contributed by atoms with Crippen LogP contribution in [0.3, 0.4) is 0 Å². The maximum atomic E-state index is 12.1. The van der Waals surface area contributed by atoms with Crippen molar-refractivity contribution in [1.29, 1.82) is 0 Å². The molecular weight excluding hydrogens is 324 g/mol. The van der Waals surface area contributed by atoms with Crippen molar-refractivity contribution in [1.82, 2.24) is 0 Å². The van der Waals surface area contributed by atoms with Crippen LogP contribution in [0.15, 0.2) is 18.2 Å². The molecular formula is C23H32O3. The molecule has 0 spiro atoms. The molecule has 0 saturated heterocycles. The molecule has 2 fully saturated rings. The topological polar surface area (TPSA) is 46.5 Å². The van der Waals surface area contributed by atoms with Gasteiger partial charge in [0, 0.05) is 11.8 Å². The second kappa shape index (κ2) is 6.58. The van der Waals surface area contributed by atoms with Crippen molar-refractivity contribution in [2.24, 2.45) is 23.2 Å². The number of benzene rings is 1. The van der Waals surface area contributed by atoms with E-state index >= 15 is 0 Å². The molecule has 0 bridgehead atoms. The molecule has 2 saturated carbocycles. The van der Waals surface area contributed by atoms with Crippen LogP contribution in [0.25, 0.3) is 0 Å². The maximum absolute atomic E-state index is 12.1. The molecule has 0 heterocycles. The van der Waals surface area contributed by atoms with Crippen LogP contribution in [-0.4, -0.2) is 17.2 Å². The van der Waals surface area contributed by atoms with Gasteiger partial charge in [-0.25, -0.2) is 0 Å². The van der Waals surface area contributed by atoms with Gasteiger partial charge in [0.25, 0.3) is 0 Å². The van der Waals surface area contributed by atoms with Crippen LogP contribution in [0, 0.1) is 23.2 Å². The largest absolute Gasteiger partial charge is 0.508 e. The lowest BCUT2D eigenvalue weighted by molar-refractivity contribution is -0.158. The fraction of sp³-hybridized carbons (Fsp3) is 0.696. The first kappa shape index (κ1) is 17.9. The Morgan fingerprint density at radius 3 is 2.88 bits per heavy atom. The SMILES string of the molecule is CCCC(=O)O[C@H]1CCC2C3C(CC[C@@]21C)c1ccc(O)cc1C[C@@H]3C. The van der Waals surface area contributed by atoms with Crippen molar-refractivity contribution >= 4 is 5.97 Å². The van der Waals surface area contributed by atoms with Crippen LogP contribution in [0.5, 0.6) is 5.75 Å². The molecule has 26 heavy (non-hydrogen) atoms. The first-order valence-corrected chi connectivity index (χ1v) is 10.4. The van der Waals surface area contributed by atoms with Gasteiger partial charge in [0.1, 0.15) is 11.9 Å². The fourth-order valence-electron chi connectivity index (χ4n) is 6.53. The second-order valence-corrected chi connectivity index (χ2v) is 9.21. The molecule has 0 aliphatic heterocycles. The molecule has 6 atom stereocenters. The Morgan fingerprint density at radius 1 is 1.31 bits per heavy atom. The second-order valence-electron chi connectivity index (χ2n) is 9.21. The van der Waals surface area contributed by atoms with E-state index < -0.39 is 0 Å². The molecule has 3 aliphatic rings. The quantitative estimate of drug-likeness (QED) is 0.757. The van der Waals surface area contributed by atoms with E-state index in [-0.39, 0.29) is 17.5 Å². The van der Waals surface area contributed by atoms with E-state index in [9.17, 15) is 9.90 Å². The van der Waals surface area contributed by atoms with Gasteiger partial charge in [-0.15, -0.1) is 0 Å². The molecule has 3 nitrogen and oxygen atoms in total. The number of carbonyl (C=O) groups is 1. The zero-order valence-corrected chi connectivity index (χ0v) is 16.3. The summed E-state index contributed by atoms with van der Waals surface area (Å²) in [5.41, 5.74) is 2.93. The number of ether oxygens (including phenoxy) is 1. The van der Waals surface area contributed by atoms with Crippen molar-refractivity contribution < 1.29 is 14.6 Å². The standard InChI is InChI=1S/C23H32O3/c1-4-5-21(25)26-20-9-8-19-22-14(2)12-15-13-16(24)6-7-17(15)18(22)10-11-23(19,20)3/h6-7,13-14,18-20,22,24H,4-5,8-12H2,1-3H3/t14-,18?,19?,20-,22?,23-/m0/s1. The summed E-state index contributed by atoms with van der Waals surface area (Å²) in [5, 5.41) is 9.88. The highest BCUT2D eigenvalue weighted by Crippen LogP contribution is 2.62. The van der Waals surface area contributed by atoms with Gasteiger partial charge in [-0.05, 0) is 85.5 Å². The lowest BCUT2D eigenvalue weighted by atomic mass is 9.53. The number of rotatable bonds is 3. The summed E-state index contributed by atoms with van der Waals surface area (Å²) in [6.45, 7) is 6.79. The molecule has 3 unspecified atom stereocenters. The highest BCUT2D eigenvalue weighted by atomic mass is 16.5. The van der Waals surface area contributed by atoms with Gasteiger partial charge in [-0.1, -0.05) is 26.8 Å². The molecule has 142 valence electrons. The van der Waals surface area contributed by atoms with Gasteiger partial charge in [0.05, 0.1) is 0 Å². The highest BCUT2D eigenvalue weighted by Gasteiger charge is 2.57. The van der Waals surface area contributed by atoms with Crippen LogP contribution in [0.1, 0.15) is 76.3 Å². The zero-order chi connectivity index (χ0) is 18.5. The Morgan fingerprint density at radius 2 is 2.12 bits per heavy atom. The first-order chi connectivity index (χ1) is 12.4. The lowest BCUT2D eigenvalue weighted by Crippen LogP contribution is -2.47. The van der Waals surface area contributed by atoms with E-state index in [2.05, 4.69) is 19.9 Å². The van der Waals surface area contributed by atoms with Crippen molar-refractivity contribution in [3.05, 3.63) is 29.3 Å². The zero-order valence-electron chi connectivity index (χ0n) is 16.3. The minimum absolute atomic E-state index is 0.0148. The number of esters is 1. The smallest absolute Gasteiger partial charge is 0.306 e. The summed E-state index contributed by atoms with van der Waals surface area (Å²) < 4.78 is 5.95. The average molecular weight is 357 g/mol. The van der Waals surface area contributed by atoms with E-state index in [0.717, 1.165) is 25.7 Å². The summed E-state index contributed by atoms with van der Waals surface area (Å²) in [6.07, 6.45) is 7.05. The van der Waals surface area contributed by atoms with E-state index in [1.165, 1.54) is 24.0 Å². The number of fused-ring (bicyclic) bond motifs is 5. The number of hydrogen-bond acceptors (Lipinski definition) is 3. The molecule has 0 radical (unpaired) electrons. The summed E-state index contributed by atoms with van der Waals surface area (Å²) in [4.78, 5) is 12.1. The van der Waals surface area contributed by atoms with Crippen molar-refractivity contribution in [3.8, 4) is 5.75 Å². The molecule has 1 aromatic carbocycles. The number of phenolic OH excluding ortho intramolecular Hbond substituents is 1. The molecule has 0 aromatic heterocycles. The van der Waals surface area contributed by atoms with Gasteiger partial charge in [-0.2, -0.15) is 0 Å². The van der Waals surface area contributed by atoms with Crippen LogP contribution >= 0.6 is 0 Å². The predicted octanol–water partition coefficient (Wildman–Crippen LogP) is 5.21. The predicted molar refractivity (Wildman–Crippen MR) is 102 cm³/mol. The summed E-state index contributed by atoms with van der Waals surface area (Å²) in [7, 11) is 0. The van der Waals surface area contributed by atoms with E-state index in [4.69, 9.17) is 4.74 Å². The molecule has 3 aliphatic carbocycles. The number of hydrogen-bond donors (Lipinski definition) is 1. The van der Waals surface area contributed by atoms with E-state index in [1.807, 2.05) is 19.1 Å². The van der Waals surface area contributed by atoms with E-state index in [1.54, 1.807) is 0 Å². The Labute approximate surface area is 157 Å². The molecule has 0 amide bonds. The first-order valence-electron chi connectivity index (χ1n) is 10.4. The maximum Gasteiger partial charge on any atom is 0.306 e. The Kier molecular flexibility index (Phi) is 4.53. The molecule has 4 rings (SSSR count). The summed E-state index contributed by atoms with van der Waals surface area (Å²) in [6, 6.07) is 5.98. The lowest BCUT2D eigenvalue weighted by Gasteiger charge is -2.52. The average Bonchev–Trinajstić information content (AvgIpc) is 2.91. The van der Waals surface area contributed by atoms with Crippen LogP contribution < -0.4 is 0 Å². The fourth-order valence-corrected chi connectivity index (χ4v) is 6.53. The third-order valence-electron chi connectivity index (χ3n) is 7.70. The van der Waals surface area contributed by atoms with Gasteiger partial charge in [0.15, 0.2) is 0 Å². The number of aromatic hydroxyl groups is 1. The summed E-state index contributed by atoms with van der Waals surface area (Å²) in [5.74, 6) is 2.89. The molecule has 1 N–H and O–H groups in total. The van der Waals surface area contributed by atoms with Gasteiger partial charge in [0.2, 0.25) is 0 Å². The third-order valence-corrected chi connectivity index (χ3v) is 7.70. The van der Waals surface area contributed by atoms with Crippen LogP contribution in [-0.2, 0) is 16.0 Å². The van der Waals surface area contributed by atoms with Crippen LogP contribution in [0.2, 0.25) is 0 Å². The highest BCUT2D eigenvalue weighted by molar-refractivity contribution is 5.69. The van der Waals surface area contributed by atoms with Crippen molar-refractivity contribution in [2.75, 3.05) is 0 Å². The van der Waals surface area contributed by atoms with Crippen molar-refractivity contribution in [3.63, 3.8) is 0 Å². The summed E-state index contributed by atoms with van der Waals surface area (Å²) >= 11 is 0. The van der Waals surface area contributed by atoms with Gasteiger partial charge < -0.3 is 9.84 Å². The monoisotopic (exact) mass is 356 g/mol. The number of carbonyl (C=O) groups excluding carboxylic acids is 1. The number of phenols is 1. The Balaban J connectivity index is 1.60. The minimum Gasteiger partial charge on any atom is -0.508 e. The Hall–Kier alpha value is -1.51. The third kappa shape index (κ3) is 2.75. The Bertz CT molecular complexity index is 697.